The average Bonchev–Trinajstić information content (AvgIpc) is 2.71. The summed E-state index contributed by atoms with van der Waals surface area (Å²) in [6.07, 6.45) is 1.62. The van der Waals surface area contributed by atoms with Gasteiger partial charge in [-0.25, -0.2) is 9.97 Å². The van der Waals surface area contributed by atoms with Gasteiger partial charge in [-0.1, -0.05) is 60.2 Å². The Morgan fingerprint density at radius 2 is 1.79 bits per heavy atom. The van der Waals surface area contributed by atoms with Gasteiger partial charge in [-0.05, 0) is 38.0 Å². The first kappa shape index (κ1) is 19.5. The molecule has 1 amide bonds. The minimum Gasteiger partial charge on any atom is -0.350 e. The van der Waals surface area contributed by atoms with E-state index in [9.17, 15) is 4.79 Å². The molecule has 0 radical (unpaired) electrons. The Bertz CT molecular complexity index is 925. The van der Waals surface area contributed by atoms with Crippen molar-refractivity contribution in [2.45, 2.75) is 39.9 Å². The summed E-state index contributed by atoms with van der Waals surface area (Å²) in [5.41, 5.74) is 3.84. The number of aromatic nitrogens is 2. The molecule has 1 aromatic heterocycles. The van der Waals surface area contributed by atoms with Crippen LogP contribution in [0.2, 0.25) is 0 Å². The number of benzene rings is 2. The van der Waals surface area contributed by atoms with Crippen LogP contribution in [-0.4, -0.2) is 26.8 Å². The zero-order valence-corrected chi connectivity index (χ0v) is 16.6. The molecule has 5 nitrogen and oxygen atoms in total. The molecule has 0 saturated carbocycles. The molecule has 0 atom stereocenters. The molecule has 28 heavy (non-hydrogen) atoms. The van der Waals surface area contributed by atoms with Crippen LogP contribution in [0.5, 0.6) is 0 Å². The minimum atomic E-state index is -0.0974. The van der Waals surface area contributed by atoms with Gasteiger partial charge in [-0.3, -0.25) is 4.79 Å². The molecule has 0 aliphatic heterocycles. The Labute approximate surface area is 166 Å². The van der Waals surface area contributed by atoms with Crippen LogP contribution in [0.4, 0.5) is 5.95 Å². The molecule has 1 N–H and O–H groups in total. The van der Waals surface area contributed by atoms with Gasteiger partial charge in [0.05, 0.1) is 0 Å². The second-order valence-corrected chi connectivity index (χ2v) is 7.12. The molecular weight excluding hydrogens is 348 g/mol. The fourth-order valence-electron chi connectivity index (χ4n) is 2.98. The van der Waals surface area contributed by atoms with Gasteiger partial charge in [-0.15, -0.1) is 0 Å². The standard InChI is InChI=1S/C23H26N4O/c1-17(2)27(16-19-9-5-4-6-10-19)22(28)21-12-13-24-23(26-21)25-15-20-11-7-8-18(3)14-20/h4-14,17H,15-16H2,1-3H3,(H,24,25,26). The Kier molecular flexibility index (Phi) is 6.37. The molecule has 2 aromatic carbocycles. The molecule has 3 aromatic rings. The van der Waals surface area contributed by atoms with E-state index in [0.717, 1.165) is 11.1 Å². The van der Waals surface area contributed by atoms with Crippen LogP contribution in [0.25, 0.3) is 0 Å². The Morgan fingerprint density at radius 1 is 1.04 bits per heavy atom. The monoisotopic (exact) mass is 374 g/mol. The third-order valence-corrected chi connectivity index (χ3v) is 4.49. The van der Waals surface area contributed by atoms with E-state index in [1.54, 1.807) is 12.3 Å². The number of anilines is 1. The molecule has 0 saturated heterocycles. The van der Waals surface area contributed by atoms with Crippen LogP contribution in [0.3, 0.4) is 0 Å². The fraction of sp³-hybridized carbons (Fsp3) is 0.261. The number of carbonyl (C=O) groups is 1. The number of hydrogen-bond acceptors (Lipinski definition) is 4. The highest BCUT2D eigenvalue weighted by Gasteiger charge is 2.20. The van der Waals surface area contributed by atoms with Crippen LogP contribution in [-0.2, 0) is 13.1 Å². The van der Waals surface area contributed by atoms with Crippen molar-refractivity contribution in [1.29, 1.82) is 0 Å². The predicted octanol–water partition coefficient (Wildman–Crippen LogP) is 4.45. The molecule has 144 valence electrons. The van der Waals surface area contributed by atoms with Gasteiger partial charge in [0.15, 0.2) is 0 Å². The van der Waals surface area contributed by atoms with Crippen molar-refractivity contribution in [3.63, 3.8) is 0 Å². The predicted molar refractivity (Wildman–Crippen MR) is 112 cm³/mol. The maximum absolute atomic E-state index is 13.1. The second kappa shape index (κ2) is 9.13. The number of carbonyl (C=O) groups excluding carboxylic acids is 1. The average molecular weight is 374 g/mol. The van der Waals surface area contributed by atoms with Crippen LogP contribution < -0.4 is 5.32 Å². The Balaban J connectivity index is 1.72. The number of nitrogens with one attached hydrogen (secondary N) is 1. The van der Waals surface area contributed by atoms with Gasteiger partial charge in [0, 0.05) is 25.3 Å². The SMILES string of the molecule is Cc1cccc(CNc2nccc(C(=O)N(Cc3ccccc3)C(C)C)n2)c1. The highest BCUT2D eigenvalue weighted by molar-refractivity contribution is 5.92. The maximum atomic E-state index is 13.1. The number of amides is 1. The summed E-state index contributed by atoms with van der Waals surface area (Å²) in [7, 11) is 0. The molecule has 0 unspecified atom stereocenters. The number of rotatable bonds is 7. The van der Waals surface area contributed by atoms with Gasteiger partial charge >= 0.3 is 0 Å². The lowest BCUT2D eigenvalue weighted by Gasteiger charge is -2.26. The van der Waals surface area contributed by atoms with Crippen molar-refractivity contribution in [3.05, 3.63) is 89.2 Å². The fourth-order valence-corrected chi connectivity index (χ4v) is 2.98. The molecule has 0 aliphatic carbocycles. The summed E-state index contributed by atoms with van der Waals surface area (Å²) in [5, 5.41) is 3.21. The van der Waals surface area contributed by atoms with Crippen LogP contribution >= 0.6 is 0 Å². The van der Waals surface area contributed by atoms with E-state index < -0.39 is 0 Å². The Morgan fingerprint density at radius 3 is 2.50 bits per heavy atom. The Hall–Kier alpha value is -3.21. The van der Waals surface area contributed by atoms with Gasteiger partial charge in [-0.2, -0.15) is 0 Å². The summed E-state index contributed by atoms with van der Waals surface area (Å²) in [5.74, 6) is 0.357. The van der Waals surface area contributed by atoms with E-state index in [1.807, 2.05) is 55.1 Å². The normalized spacial score (nSPS) is 10.7. The third-order valence-electron chi connectivity index (χ3n) is 4.49. The number of hydrogen-bond donors (Lipinski definition) is 1. The molecule has 0 fully saturated rings. The van der Waals surface area contributed by atoms with E-state index in [2.05, 4.69) is 40.4 Å². The molecule has 0 spiro atoms. The zero-order valence-electron chi connectivity index (χ0n) is 16.6. The van der Waals surface area contributed by atoms with Crippen molar-refractivity contribution in [3.8, 4) is 0 Å². The third kappa shape index (κ3) is 5.16. The molecule has 5 heteroatoms. The second-order valence-electron chi connectivity index (χ2n) is 7.12. The highest BCUT2D eigenvalue weighted by Crippen LogP contribution is 2.13. The maximum Gasteiger partial charge on any atom is 0.273 e. The first-order chi connectivity index (χ1) is 13.5. The van der Waals surface area contributed by atoms with Crippen LogP contribution in [0.15, 0.2) is 66.9 Å². The van der Waals surface area contributed by atoms with E-state index >= 15 is 0 Å². The zero-order chi connectivity index (χ0) is 19.9. The van der Waals surface area contributed by atoms with Crippen molar-refractivity contribution in [1.82, 2.24) is 14.9 Å². The summed E-state index contributed by atoms with van der Waals surface area (Å²) in [4.78, 5) is 23.6. The smallest absolute Gasteiger partial charge is 0.273 e. The summed E-state index contributed by atoms with van der Waals surface area (Å²) >= 11 is 0. The van der Waals surface area contributed by atoms with E-state index in [4.69, 9.17) is 0 Å². The summed E-state index contributed by atoms with van der Waals surface area (Å²) < 4.78 is 0. The van der Waals surface area contributed by atoms with Gasteiger partial charge in [0.2, 0.25) is 5.95 Å². The largest absolute Gasteiger partial charge is 0.350 e. The van der Waals surface area contributed by atoms with E-state index in [-0.39, 0.29) is 11.9 Å². The summed E-state index contributed by atoms with van der Waals surface area (Å²) in [6.45, 7) is 7.25. The molecule has 0 aliphatic rings. The topological polar surface area (TPSA) is 58.1 Å². The lowest BCUT2D eigenvalue weighted by atomic mass is 10.1. The van der Waals surface area contributed by atoms with Gasteiger partial charge in [0.1, 0.15) is 5.69 Å². The number of aryl methyl sites for hydroxylation is 1. The van der Waals surface area contributed by atoms with E-state index in [1.165, 1.54) is 5.56 Å². The van der Waals surface area contributed by atoms with Crippen molar-refractivity contribution < 1.29 is 4.79 Å². The van der Waals surface area contributed by atoms with Crippen molar-refractivity contribution in [2.75, 3.05) is 5.32 Å². The lowest BCUT2D eigenvalue weighted by Crippen LogP contribution is -2.37. The van der Waals surface area contributed by atoms with Gasteiger partial charge < -0.3 is 10.2 Å². The summed E-state index contributed by atoms with van der Waals surface area (Å²) in [6, 6.07) is 20.0. The number of nitrogens with zero attached hydrogens (tertiary/aromatic N) is 3. The molecule has 3 rings (SSSR count). The molecular formula is C23H26N4O. The minimum absolute atomic E-state index is 0.0615. The lowest BCUT2D eigenvalue weighted by molar-refractivity contribution is 0.0684. The first-order valence-corrected chi connectivity index (χ1v) is 9.50. The molecule has 1 heterocycles. The van der Waals surface area contributed by atoms with Gasteiger partial charge in [0.25, 0.3) is 5.91 Å². The highest BCUT2D eigenvalue weighted by atomic mass is 16.2. The van der Waals surface area contributed by atoms with Crippen LogP contribution in [0, 0.1) is 6.92 Å². The van der Waals surface area contributed by atoms with E-state index in [0.29, 0.717) is 24.7 Å². The first-order valence-electron chi connectivity index (χ1n) is 9.50. The molecule has 0 bridgehead atoms. The quantitative estimate of drug-likeness (QED) is 0.664. The van der Waals surface area contributed by atoms with Crippen LogP contribution in [0.1, 0.15) is 41.0 Å². The van der Waals surface area contributed by atoms with Crippen molar-refractivity contribution >= 4 is 11.9 Å². The van der Waals surface area contributed by atoms with Crippen molar-refractivity contribution in [2.24, 2.45) is 0 Å².